The van der Waals surface area contributed by atoms with E-state index in [-0.39, 0.29) is 24.3 Å². The third kappa shape index (κ3) is 4.97. The van der Waals surface area contributed by atoms with Gasteiger partial charge in [0.25, 0.3) is 0 Å². The summed E-state index contributed by atoms with van der Waals surface area (Å²) in [5, 5.41) is 3.07. The molecule has 0 spiro atoms. The number of nitrogens with zero attached hydrogens (tertiary/aromatic N) is 1. The summed E-state index contributed by atoms with van der Waals surface area (Å²) < 4.78 is 21.9. The summed E-state index contributed by atoms with van der Waals surface area (Å²) in [5.41, 5.74) is 1.51. The molecule has 182 valence electrons. The van der Waals surface area contributed by atoms with E-state index in [9.17, 15) is 9.59 Å². The maximum Gasteiger partial charge on any atom is 0.227 e. The number of ether oxygens (including phenoxy) is 4. The van der Waals surface area contributed by atoms with Crippen LogP contribution in [-0.4, -0.2) is 52.4 Å². The molecule has 0 unspecified atom stereocenters. The van der Waals surface area contributed by atoms with Gasteiger partial charge < -0.3 is 29.2 Å². The standard InChI is InChI=1S/C26H32N2O6/c1-31-19-9-7-18(8-10-19)28-24(29)13-11-21(26(30)27-16-20-5-4-14-34-20)25(28)17-6-12-22(32-2)23(15-17)33-3/h6-10,12,15,20-21,25H,4-5,11,13-14,16H2,1-3H3,(H,27,30)/t20-,21+,25+/m1/s1. The lowest BCUT2D eigenvalue weighted by atomic mass is 9.83. The number of hydrogen-bond donors (Lipinski definition) is 1. The predicted octanol–water partition coefficient (Wildman–Crippen LogP) is 3.49. The molecule has 3 atom stereocenters. The SMILES string of the molecule is COc1ccc(N2C(=O)CC[C@H](C(=O)NC[C@H]3CCCO3)[C@@H]2c2ccc(OC)c(OC)c2)cc1. The molecule has 8 nitrogen and oxygen atoms in total. The van der Waals surface area contributed by atoms with E-state index >= 15 is 0 Å². The molecule has 34 heavy (non-hydrogen) atoms. The van der Waals surface area contributed by atoms with Crippen molar-refractivity contribution in [2.75, 3.05) is 39.4 Å². The van der Waals surface area contributed by atoms with Crippen molar-refractivity contribution < 1.29 is 28.5 Å². The highest BCUT2D eigenvalue weighted by Gasteiger charge is 2.42. The van der Waals surface area contributed by atoms with E-state index in [1.807, 2.05) is 36.4 Å². The van der Waals surface area contributed by atoms with Crippen LogP contribution in [0.2, 0.25) is 0 Å². The molecular weight excluding hydrogens is 436 g/mol. The second kappa shape index (κ2) is 10.8. The van der Waals surface area contributed by atoms with Crippen molar-refractivity contribution in [1.82, 2.24) is 5.32 Å². The number of carbonyl (C=O) groups is 2. The van der Waals surface area contributed by atoms with Gasteiger partial charge in [-0.25, -0.2) is 0 Å². The van der Waals surface area contributed by atoms with Crippen LogP contribution in [0.4, 0.5) is 5.69 Å². The van der Waals surface area contributed by atoms with E-state index in [2.05, 4.69) is 5.32 Å². The molecule has 2 aromatic carbocycles. The summed E-state index contributed by atoms with van der Waals surface area (Å²) in [4.78, 5) is 28.4. The van der Waals surface area contributed by atoms with Gasteiger partial charge in [-0.1, -0.05) is 6.07 Å². The Balaban J connectivity index is 1.70. The number of rotatable bonds is 8. The second-order valence-electron chi connectivity index (χ2n) is 8.55. The van der Waals surface area contributed by atoms with Crippen molar-refractivity contribution >= 4 is 17.5 Å². The summed E-state index contributed by atoms with van der Waals surface area (Å²) in [6.45, 7) is 1.21. The molecule has 2 aliphatic heterocycles. The van der Waals surface area contributed by atoms with E-state index in [4.69, 9.17) is 18.9 Å². The highest BCUT2D eigenvalue weighted by Crippen LogP contribution is 2.42. The lowest BCUT2D eigenvalue weighted by Gasteiger charge is -2.41. The average Bonchev–Trinajstić information content (AvgIpc) is 3.40. The largest absolute Gasteiger partial charge is 0.497 e. The first-order chi connectivity index (χ1) is 16.5. The van der Waals surface area contributed by atoms with Crippen LogP contribution in [0.15, 0.2) is 42.5 Å². The van der Waals surface area contributed by atoms with Gasteiger partial charge in [-0.3, -0.25) is 9.59 Å². The van der Waals surface area contributed by atoms with Gasteiger partial charge in [0.05, 0.1) is 39.4 Å². The third-order valence-corrected chi connectivity index (χ3v) is 6.56. The molecule has 2 aliphatic rings. The summed E-state index contributed by atoms with van der Waals surface area (Å²) in [5.74, 6) is 1.28. The molecule has 0 saturated carbocycles. The van der Waals surface area contributed by atoms with E-state index < -0.39 is 12.0 Å². The van der Waals surface area contributed by atoms with Gasteiger partial charge in [0.1, 0.15) is 5.75 Å². The maximum absolute atomic E-state index is 13.4. The van der Waals surface area contributed by atoms with Crippen molar-refractivity contribution in [3.8, 4) is 17.2 Å². The van der Waals surface area contributed by atoms with Crippen molar-refractivity contribution in [2.24, 2.45) is 5.92 Å². The van der Waals surface area contributed by atoms with Crippen LogP contribution >= 0.6 is 0 Å². The fraction of sp³-hybridized carbons (Fsp3) is 0.462. The maximum atomic E-state index is 13.4. The van der Waals surface area contributed by atoms with Gasteiger partial charge in [0, 0.05) is 25.3 Å². The molecule has 0 aromatic heterocycles. The van der Waals surface area contributed by atoms with Crippen LogP contribution < -0.4 is 24.4 Å². The zero-order valence-electron chi connectivity index (χ0n) is 19.9. The predicted molar refractivity (Wildman–Crippen MR) is 127 cm³/mol. The summed E-state index contributed by atoms with van der Waals surface area (Å²) >= 11 is 0. The van der Waals surface area contributed by atoms with Gasteiger partial charge in [-0.05, 0) is 61.2 Å². The fourth-order valence-corrected chi connectivity index (χ4v) is 4.78. The Morgan fingerprint density at radius 2 is 1.79 bits per heavy atom. The van der Waals surface area contributed by atoms with Crippen LogP contribution in [0.3, 0.4) is 0 Å². The van der Waals surface area contributed by atoms with E-state index in [1.54, 1.807) is 32.3 Å². The second-order valence-corrected chi connectivity index (χ2v) is 8.55. The Hall–Kier alpha value is -3.26. The highest BCUT2D eigenvalue weighted by atomic mass is 16.5. The average molecular weight is 469 g/mol. The Morgan fingerprint density at radius 3 is 2.44 bits per heavy atom. The highest BCUT2D eigenvalue weighted by molar-refractivity contribution is 5.97. The first-order valence-corrected chi connectivity index (χ1v) is 11.6. The molecule has 0 radical (unpaired) electrons. The monoisotopic (exact) mass is 468 g/mol. The van der Waals surface area contributed by atoms with E-state index in [0.29, 0.717) is 35.9 Å². The molecule has 4 rings (SSSR count). The van der Waals surface area contributed by atoms with Crippen LogP contribution in [0.25, 0.3) is 0 Å². The summed E-state index contributed by atoms with van der Waals surface area (Å²) in [6.07, 6.45) is 2.75. The molecule has 8 heteroatoms. The number of anilines is 1. The molecule has 2 fully saturated rings. The molecule has 2 saturated heterocycles. The molecule has 2 amide bonds. The minimum absolute atomic E-state index is 0.0341. The van der Waals surface area contributed by atoms with Crippen molar-refractivity contribution in [1.29, 1.82) is 0 Å². The van der Waals surface area contributed by atoms with Crippen molar-refractivity contribution in [2.45, 2.75) is 37.8 Å². The van der Waals surface area contributed by atoms with Crippen molar-refractivity contribution in [3.05, 3.63) is 48.0 Å². The Kier molecular flexibility index (Phi) is 7.57. The van der Waals surface area contributed by atoms with Crippen LogP contribution in [0.1, 0.15) is 37.3 Å². The molecular formula is C26H32N2O6. The molecule has 2 aromatic rings. The zero-order valence-corrected chi connectivity index (χ0v) is 19.9. The topological polar surface area (TPSA) is 86.3 Å². The normalized spacial score (nSPS) is 22.4. The Morgan fingerprint density at radius 1 is 1.03 bits per heavy atom. The number of benzene rings is 2. The smallest absolute Gasteiger partial charge is 0.227 e. The first-order valence-electron chi connectivity index (χ1n) is 11.6. The molecule has 1 N–H and O–H groups in total. The fourth-order valence-electron chi connectivity index (χ4n) is 4.78. The zero-order chi connectivity index (χ0) is 24.1. The number of amides is 2. The molecule has 2 heterocycles. The Labute approximate surface area is 200 Å². The van der Waals surface area contributed by atoms with E-state index in [0.717, 1.165) is 25.0 Å². The first kappa shape index (κ1) is 23.9. The molecule has 0 bridgehead atoms. The number of hydrogen-bond acceptors (Lipinski definition) is 6. The van der Waals surface area contributed by atoms with Gasteiger partial charge in [-0.2, -0.15) is 0 Å². The van der Waals surface area contributed by atoms with Gasteiger partial charge >= 0.3 is 0 Å². The lowest BCUT2D eigenvalue weighted by molar-refractivity contribution is -0.129. The Bertz CT molecular complexity index is 1000. The third-order valence-electron chi connectivity index (χ3n) is 6.56. The van der Waals surface area contributed by atoms with Gasteiger partial charge in [-0.15, -0.1) is 0 Å². The lowest BCUT2D eigenvalue weighted by Crippen LogP contribution is -2.49. The number of nitrogens with one attached hydrogen (secondary N) is 1. The summed E-state index contributed by atoms with van der Waals surface area (Å²) in [7, 11) is 4.75. The van der Waals surface area contributed by atoms with Gasteiger partial charge in [0.15, 0.2) is 11.5 Å². The quantitative estimate of drug-likeness (QED) is 0.638. The van der Waals surface area contributed by atoms with Gasteiger partial charge in [0.2, 0.25) is 11.8 Å². The van der Waals surface area contributed by atoms with Crippen molar-refractivity contribution in [3.63, 3.8) is 0 Å². The molecule has 0 aliphatic carbocycles. The van der Waals surface area contributed by atoms with Crippen LogP contribution in [0, 0.1) is 5.92 Å². The van der Waals surface area contributed by atoms with Crippen LogP contribution in [0.5, 0.6) is 17.2 Å². The van der Waals surface area contributed by atoms with E-state index in [1.165, 1.54) is 0 Å². The minimum Gasteiger partial charge on any atom is -0.497 e. The summed E-state index contributed by atoms with van der Waals surface area (Å²) in [6, 6.07) is 12.4. The number of piperidine rings is 1. The number of methoxy groups -OCH3 is 3. The minimum atomic E-state index is -0.501. The van der Waals surface area contributed by atoms with Crippen LogP contribution in [-0.2, 0) is 14.3 Å². The number of carbonyl (C=O) groups excluding carboxylic acids is 2.